The molecule has 0 saturated carbocycles. The Morgan fingerprint density at radius 2 is 2.36 bits per heavy atom. The van der Waals surface area contributed by atoms with Crippen LogP contribution in [0, 0.1) is 12.3 Å². The number of hydrogen-bond acceptors (Lipinski definition) is 2. The zero-order valence-electron chi connectivity index (χ0n) is 8.39. The molecule has 0 aliphatic carbocycles. The van der Waals surface area contributed by atoms with E-state index in [1.165, 1.54) is 0 Å². The summed E-state index contributed by atoms with van der Waals surface area (Å²) in [7, 11) is 0. The predicted molar refractivity (Wildman–Crippen MR) is 52.2 cm³/mol. The van der Waals surface area contributed by atoms with Crippen LogP contribution in [0.25, 0.3) is 0 Å². The molecule has 1 fully saturated rings. The number of terminal acetylenes is 1. The highest BCUT2D eigenvalue weighted by molar-refractivity contribution is 5.91. The van der Waals surface area contributed by atoms with E-state index >= 15 is 0 Å². The van der Waals surface area contributed by atoms with Gasteiger partial charge in [-0.2, -0.15) is 0 Å². The Labute approximate surface area is 83.4 Å². The van der Waals surface area contributed by atoms with Crippen molar-refractivity contribution in [3.8, 4) is 12.3 Å². The standard InChI is InChI=1S/C10H14N2O2/c1-4-10(2,3)12-9(14)7-5-6-8(13)11-7/h1,7H,5-6H2,2-3H3,(H,11,13)(H,12,14)/t7-/m1/s1. The Bertz CT molecular complexity index is 302. The van der Waals surface area contributed by atoms with Crippen molar-refractivity contribution in [3.63, 3.8) is 0 Å². The van der Waals surface area contributed by atoms with Crippen LogP contribution in [-0.4, -0.2) is 23.4 Å². The monoisotopic (exact) mass is 194 g/mol. The first-order chi connectivity index (χ1) is 6.44. The number of amides is 2. The fourth-order valence-corrected chi connectivity index (χ4v) is 1.24. The maximum atomic E-state index is 11.5. The van der Waals surface area contributed by atoms with E-state index in [9.17, 15) is 9.59 Å². The molecule has 1 saturated heterocycles. The second-order valence-electron chi connectivity index (χ2n) is 3.92. The Hall–Kier alpha value is -1.50. The summed E-state index contributed by atoms with van der Waals surface area (Å²) in [6, 6.07) is -0.421. The number of hydrogen-bond donors (Lipinski definition) is 2. The van der Waals surface area contributed by atoms with Crippen molar-refractivity contribution in [3.05, 3.63) is 0 Å². The average Bonchev–Trinajstić information content (AvgIpc) is 2.51. The van der Waals surface area contributed by atoms with E-state index in [1.54, 1.807) is 13.8 Å². The highest BCUT2D eigenvalue weighted by Crippen LogP contribution is 2.08. The molecule has 0 aromatic carbocycles. The third-order valence-corrected chi connectivity index (χ3v) is 2.11. The normalized spacial score (nSPS) is 21.2. The SMILES string of the molecule is C#CC(C)(C)NC(=O)[C@H]1CCC(=O)N1. The quantitative estimate of drug-likeness (QED) is 0.598. The second-order valence-corrected chi connectivity index (χ2v) is 3.92. The van der Waals surface area contributed by atoms with Crippen LogP contribution < -0.4 is 10.6 Å². The van der Waals surface area contributed by atoms with Gasteiger partial charge in [0.05, 0.1) is 5.54 Å². The van der Waals surface area contributed by atoms with E-state index in [1.807, 2.05) is 0 Å². The van der Waals surface area contributed by atoms with E-state index < -0.39 is 11.6 Å². The molecule has 1 aliphatic rings. The van der Waals surface area contributed by atoms with Crippen molar-refractivity contribution in [1.82, 2.24) is 10.6 Å². The van der Waals surface area contributed by atoms with Crippen LogP contribution in [0.15, 0.2) is 0 Å². The minimum absolute atomic E-state index is 0.0799. The van der Waals surface area contributed by atoms with Crippen molar-refractivity contribution < 1.29 is 9.59 Å². The van der Waals surface area contributed by atoms with Crippen LogP contribution in [-0.2, 0) is 9.59 Å². The molecule has 0 spiro atoms. The lowest BCUT2D eigenvalue weighted by Gasteiger charge is -2.21. The molecule has 1 rings (SSSR count). The minimum Gasteiger partial charge on any atom is -0.344 e. The van der Waals surface area contributed by atoms with Gasteiger partial charge in [0.25, 0.3) is 0 Å². The molecule has 1 atom stereocenters. The maximum absolute atomic E-state index is 11.5. The lowest BCUT2D eigenvalue weighted by molar-refractivity contribution is -0.126. The number of nitrogens with one attached hydrogen (secondary N) is 2. The van der Waals surface area contributed by atoms with Crippen LogP contribution in [0.4, 0.5) is 0 Å². The van der Waals surface area contributed by atoms with Gasteiger partial charge in [-0.15, -0.1) is 6.42 Å². The highest BCUT2D eigenvalue weighted by atomic mass is 16.2. The lowest BCUT2D eigenvalue weighted by Crippen LogP contribution is -2.50. The summed E-state index contributed by atoms with van der Waals surface area (Å²) >= 11 is 0. The van der Waals surface area contributed by atoms with Gasteiger partial charge in [-0.1, -0.05) is 5.92 Å². The topological polar surface area (TPSA) is 58.2 Å². The molecule has 2 amide bonds. The van der Waals surface area contributed by atoms with Gasteiger partial charge in [-0.25, -0.2) is 0 Å². The largest absolute Gasteiger partial charge is 0.344 e. The van der Waals surface area contributed by atoms with Crippen LogP contribution in [0.2, 0.25) is 0 Å². The van der Waals surface area contributed by atoms with Crippen molar-refractivity contribution in [1.29, 1.82) is 0 Å². The fraction of sp³-hybridized carbons (Fsp3) is 0.600. The van der Waals surface area contributed by atoms with Crippen LogP contribution in [0.1, 0.15) is 26.7 Å². The van der Waals surface area contributed by atoms with E-state index in [2.05, 4.69) is 16.6 Å². The van der Waals surface area contributed by atoms with E-state index in [-0.39, 0.29) is 11.8 Å². The van der Waals surface area contributed by atoms with Gasteiger partial charge >= 0.3 is 0 Å². The van der Waals surface area contributed by atoms with Crippen molar-refractivity contribution in [2.75, 3.05) is 0 Å². The van der Waals surface area contributed by atoms with Gasteiger partial charge < -0.3 is 10.6 Å². The fourth-order valence-electron chi connectivity index (χ4n) is 1.24. The zero-order valence-corrected chi connectivity index (χ0v) is 8.39. The molecule has 76 valence electrons. The van der Waals surface area contributed by atoms with Gasteiger partial charge in [0.15, 0.2) is 0 Å². The van der Waals surface area contributed by atoms with E-state index in [4.69, 9.17) is 6.42 Å². The summed E-state index contributed by atoms with van der Waals surface area (Å²) in [5.74, 6) is 2.17. The Morgan fingerprint density at radius 1 is 1.71 bits per heavy atom. The molecule has 0 unspecified atom stereocenters. The summed E-state index contributed by atoms with van der Waals surface area (Å²) < 4.78 is 0. The Kier molecular flexibility index (Phi) is 2.80. The summed E-state index contributed by atoms with van der Waals surface area (Å²) in [5, 5.41) is 5.26. The van der Waals surface area contributed by atoms with Gasteiger partial charge in [-0.05, 0) is 20.3 Å². The number of rotatable bonds is 2. The third-order valence-electron chi connectivity index (χ3n) is 2.11. The molecule has 14 heavy (non-hydrogen) atoms. The first kappa shape index (κ1) is 10.6. The molecule has 0 aromatic heterocycles. The molecule has 4 nitrogen and oxygen atoms in total. The minimum atomic E-state index is -0.662. The van der Waals surface area contributed by atoms with Crippen molar-refractivity contribution >= 4 is 11.8 Å². The molecule has 0 radical (unpaired) electrons. The average molecular weight is 194 g/mol. The summed E-state index contributed by atoms with van der Waals surface area (Å²) in [6.07, 6.45) is 6.19. The van der Waals surface area contributed by atoms with Gasteiger partial charge in [0.1, 0.15) is 6.04 Å². The molecule has 0 bridgehead atoms. The van der Waals surface area contributed by atoms with Crippen LogP contribution in [0.5, 0.6) is 0 Å². The molecular weight excluding hydrogens is 180 g/mol. The van der Waals surface area contributed by atoms with Crippen molar-refractivity contribution in [2.45, 2.75) is 38.3 Å². The number of carbonyl (C=O) groups excluding carboxylic acids is 2. The van der Waals surface area contributed by atoms with Crippen molar-refractivity contribution in [2.24, 2.45) is 0 Å². The highest BCUT2D eigenvalue weighted by Gasteiger charge is 2.29. The lowest BCUT2D eigenvalue weighted by atomic mass is 10.1. The summed E-state index contributed by atoms with van der Waals surface area (Å²) in [4.78, 5) is 22.4. The second kappa shape index (κ2) is 3.70. The molecule has 1 heterocycles. The Balaban J connectivity index is 2.52. The molecule has 0 aromatic rings. The smallest absolute Gasteiger partial charge is 0.243 e. The molecule has 4 heteroatoms. The first-order valence-corrected chi connectivity index (χ1v) is 4.54. The summed E-state index contributed by atoms with van der Waals surface area (Å²) in [6.45, 7) is 3.48. The molecule has 2 N–H and O–H groups in total. The molecular formula is C10H14N2O2. The van der Waals surface area contributed by atoms with E-state index in [0.29, 0.717) is 12.8 Å². The van der Waals surface area contributed by atoms with Crippen LogP contribution in [0.3, 0.4) is 0 Å². The molecule has 1 aliphatic heterocycles. The van der Waals surface area contributed by atoms with Gasteiger partial charge in [-0.3, -0.25) is 9.59 Å². The zero-order chi connectivity index (χ0) is 10.8. The number of carbonyl (C=O) groups is 2. The predicted octanol–water partition coefficient (Wildman–Crippen LogP) is -0.207. The Morgan fingerprint density at radius 3 is 2.79 bits per heavy atom. The first-order valence-electron chi connectivity index (χ1n) is 4.54. The van der Waals surface area contributed by atoms with Gasteiger partial charge in [0, 0.05) is 6.42 Å². The van der Waals surface area contributed by atoms with Gasteiger partial charge in [0.2, 0.25) is 11.8 Å². The van der Waals surface area contributed by atoms with Crippen LogP contribution >= 0.6 is 0 Å². The summed E-state index contributed by atoms with van der Waals surface area (Å²) in [5.41, 5.74) is -0.662. The third kappa shape index (κ3) is 2.49. The van der Waals surface area contributed by atoms with E-state index in [0.717, 1.165) is 0 Å². The maximum Gasteiger partial charge on any atom is 0.243 e.